The van der Waals surface area contributed by atoms with E-state index in [-0.39, 0.29) is 28.8 Å². The third kappa shape index (κ3) is 6.33. The van der Waals surface area contributed by atoms with Gasteiger partial charge >= 0.3 is 0 Å². The number of carbonyl (C=O) groups is 2. The number of ether oxygens (including phenoxy) is 3. The second-order valence-electron chi connectivity index (χ2n) is 6.14. The molecule has 0 spiro atoms. The van der Waals surface area contributed by atoms with E-state index < -0.39 is 0 Å². The molecule has 1 aliphatic heterocycles. The molecule has 0 N–H and O–H groups in total. The summed E-state index contributed by atoms with van der Waals surface area (Å²) >= 11 is 2.66. The van der Waals surface area contributed by atoms with Crippen LogP contribution in [0.5, 0.6) is 17.2 Å². The second kappa shape index (κ2) is 11.0. The summed E-state index contributed by atoms with van der Waals surface area (Å²) in [6.45, 7) is 0.961. The Hall–Kier alpha value is -2.32. The van der Waals surface area contributed by atoms with E-state index in [1.807, 2.05) is 42.5 Å². The van der Waals surface area contributed by atoms with Crippen LogP contribution in [-0.4, -0.2) is 59.7 Å². The molecular formula is C21H23NO5S2. The fourth-order valence-corrected chi connectivity index (χ4v) is 4.50. The van der Waals surface area contributed by atoms with Crippen molar-refractivity contribution in [3.63, 3.8) is 0 Å². The molecule has 154 valence electrons. The molecule has 0 radical (unpaired) electrons. The molecule has 1 saturated heterocycles. The number of para-hydroxylation sites is 3. The van der Waals surface area contributed by atoms with Gasteiger partial charge in [-0.2, -0.15) is 0 Å². The first-order valence-electron chi connectivity index (χ1n) is 9.17. The van der Waals surface area contributed by atoms with Crippen molar-refractivity contribution in [3.05, 3.63) is 54.6 Å². The molecule has 8 heteroatoms. The Bertz CT molecular complexity index is 818. The predicted molar refractivity (Wildman–Crippen MR) is 116 cm³/mol. The molecule has 29 heavy (non-hydrogen) atoms. The molecule has 2 aromatic rings. The van der Waals surface area contributed by atoms with Crippen LogP contribution in [0.25, 0.3) is 0 Å². The predicted octanol–water partition coefficient (Wildman–Crippen LogP) is 3.31. The Morgan fingerprint density at radius 2 is 1.79 bits per heavy atom. The normalized spacial score (nSPS) is 15.8. The van der Waals surface area contributed by atoms with Crippen molar-refractivity contribution in [1.29, 1.82) is 0 Å². The number of hydrogen-bond acceptors (Lipinski definition) is 7. The highest BCUT2D eigenvalue weighted by Gasteiger charge is 2.30. The number of hydrogen-bond donors (Lipinski definition) is 0. The summed E-state index contributed by atoms with van der Waals surface area (Å²) in [6.07, 6.45) is 0. The Labute approximate surface area is 178 Å². The van der Waals surface area contributed by atoms with Gasteiger partial charge in [0.2, 0.25) is 11.0 Å². The van der Waals surface area contributed by atoms with Crippen LogP contribution < -0.4 is 14.2 Å². The Morgan fingerprint density at radius 3 is 2.55 bits per heavy atom. The fourth-order valence-electron chi connectivity index (χ4n) is 2.77. The molecule has 0 bridgehead atoms. The Kier molecular flexibility index (Phi) is 8.13. The van der Waals surface area contributed by atoms with E-state index >= 15 is 0 Å². The van der Waals surface area contributed by atoms with Gasteiger partial charge in [0.15, 0.2) is 18.1 Å². The van der Waals surface area contributed by atoms with Gasteiger partial charge in [0.1, 0.15) is 17.7 Å². The summed E-state index contributed by atoms with van der Waals surface area (Å²) in [5.74, 6) is 2.83. The third-order valence-corrected chi connectivity index (χ3v) is 6.24. The van der Waals surface area contributed by atoms with Gasteiger partial charge in [-0.25, -0.2) is 0 Å². The molecule has 1 unspecified atom stereocenters. The molecule has 0 saturated carbocycles. The lowest BCUT2D eigenvalue weighted by molar-refractivity contribution is -0.129. The van der Waals surface area contributed by atoms with Crippen LogP contribution in [0.2, 0.25) is 0 Å². The highest BCUT2D eigenvalue weighted by Crippen LogP contribution is 2.29. The standard InChI is InChI=1S/C21H23NO5S2/c1-25-17-9-5-6-10-18(17)27-13-20-22(11-12-28-20)19(23)15-29-21(24)14-26-16-7-3-2-4-8-16/h2-10,20H,11-15H2,1H3. The van der Waals surface area contributed by atoms with Crippen LogP contribution in [0.4, 0.5) is 0 Å². The van der Waals surface area contributed by atoms with E-state index in [4.69, 9.17) is 14.2 Å². The van der Waals surface area contributed by atoms with Crippen molar-refractivity contribution in [2.24, 2.45) is 0 Å². The fraction of sp³-hybridized carbons (Fsp3) is 0.333. The molecule has 6 nitrogen and oxygen atoms in total. The van der Waals surface area contributed by atoms with Crippen LogP contribution in [0.15, 0.2) is 54.6 Å². The molecule has 0 aliphatic carbocycles. The smallest absolute Gasteiger partial charge is 0.234 e. The third-order valence-electron chi connectivity index (χ3n) is 4.22. The zero-order valence-electron chi connectivity index (χ0n) is 16.1. The van der Waals surface area contributed by atoms with Gasteiger partial charge in [0.25, 0.3) is 0 Å². The van der Waals surface area contributed by atoms with Crippen LogP contribution in [0, 0.1) is 0 Å². The minimum absolute atomic E-state index is 0.0585. The second-order valence-corrected chi connectivity index (χ2v) is 8.46. The minimum atomic E-state index is -0.170. The lowest BCUT2D eigenvalue weighted by Crippen LogP contribution is -2.39. The van der Waals surface area contributed by atoms with Crippen LogP contribution >= 0.6 is 23.5 Å². The molecule has 2 aromatic carbocycles. The van der Waals surface area contributed by atoms with Crippen LogP contribution in [0.1, 0.15) is 0 Å². The van der Waals surface area contributed by atoms with Crippen molar-refractivity contribution in [3.8, 4) is 17.2 Å². The molecule has 1 heterocycles. The van der Waals surface area contributed by atoms with E-state index in [1.54, 1.807) is 35.9 Å². The first kappa shape index (κ1) is 21.4. The van der Waals surface area contributed by atoms with Crippen molar-refractivity contribution >= 4 is 34.5 Å². The number of methoxy groups -OCH3 is 1. The number of carbonyl (C=O) groups excluding carboxylic acids is 2. The van der Waals surface area contributed by atoms with Gasteiger partial charge in [-0.1, -0.05) is 42.1 Å². The summed E-state index contributed by atoms with van der Waals surface area (Å²) in [4.78, 5) is 26.4. The monoisotopic (exact) mass is 433 g/mol. The van der Waals surface area contributed by atoms with Gasteiger partial charge in [0, 0.05) is 12.3 Å². The highest BCUT2D eigenvalue weighted by molar-refractivity contribution is 8.14. The number of rotatable bonds is 9. The Morgan fingerprint density at radius 1 is 1.07 bits per heavy atom. The van der Waals surface area contributed by atoms with Gasteiger partial charge in [-0.15, -0.1) is 11.8 Å². The number of amides is 1. The largest absolute Gasteiger partial charge is 0.493 e. The summed E-state index contributed by atoms with van der Waals surface area (Å²) in [5, 5.41) is -0.250. The lowest BCUT2D eigenvalue weighted by Gasteiger charge is -2.24. The van der Waals surface area contributed by atoms with Crippen molar-refractivity contribution in [2.75, 3.05) is 38.4 Å². The topological polar surface area (TPSA) is 65.1 Å². The summed E-state index contributed by atoms with van der Waals surface area (Å²) in [6, 6.07) is 16.6. The van der Waals surface area contributed by atoms with E-state index in [2.05, 4.69) is 0 Å². The van der Waals surface area contributed by atoms with Crippen LogP contribution in [-0.2, 0) is 9.59 Å². The van der Waals surface area contributed by atoms with Crippen molar-refractivity contribution in [2.45, 2.75) is 5.37 Å². The van der Waals surface area contributed by atoms with Gasteiger partial charge < -0.3 is 19.1 Å². The number of thioether (sulfide) groups is 2. The first-order valence-corrected chi connectivity index (χ1v) is 11.2. The maximum Gasteiger partial charge on any atom is 0.234 e. The Balaban J connectivity index is 1.44. The lowest BCUT2D eigenvalue weighted by atomic mass is 10.3. The molecule has 1 fully saturated rings. The number of benzene rings is 2. The summed E-state index contributed by atoms with van der Waals surface area (Å²) in [5.41, 5.74) is 0. The zero-order chi connectivity index (χ0) is 20.5. The molecule has 1 atom stereocenters. The van der Waals surface area contributed by atoms with E-state index in [1.165, 1.54) is 0 Å². The number of nitrogens with zero attached hydrogens (tertiary/aromatic N) is 1. The van der Waals surface area contributed by atoms with E-state index in [0.29, 0.717) is 30.4 Å². The summed E-state index contributed by atoms with van der Waals surface area (Å²) < 4.78 is 16.6. The molecule has 3 rings (SSSR count). The average Bonchev–Trinajstić information content (AvgIpc) is 3.24. The van der Waals surface area contributed by atoms with Gasteiger partial charge in [-0.3, -0.25) is 9.59 Å². The van der Waals surface area contributed by atoms with Crippen molar-refractivity contribution in [1.82, 2.24) is 4.90 Å². The van der Waals surface area contributed by atoms with E-state index in [9.17, 15) is 9.59 Å². The minimum Gasteiger partial charge on any atom is -0.493 e. The maximum atomic E-state index is 12.6. The maximum absolute atomic E-state index is 12.6. The van der Waals surface area contributed by atoms with Crippen molar-refractivity contribution < 1.29 is 23.8 Å². The highest BCUT2D eigenvalue weighted by atomic mass is 32.2. The zero-order valence-corrected chi connectivity index (χ0v) is 17.7. The van der Waals surface area contributed by atoms with Gasteiger partial charge in [-0.05, 0) is 24.3 Å². The molecular weight excluding hydrogens is 410 g/mol. The molecule has 1 amide bonds. The average molecular weight is 434 g/mol. The molecule has 1 aliphatic rings. The molecule has 0 aromatic heterocycles. The van der Waals surface area contributed by atoms with Crippen LogP contribution in [0.3, 0.4) is 0 Å². The van der Waals surface area contributed by atoms with Gasteiger partial charge in [0.05, 0.1) is 12.9 Å². The quantitative estimate of drug-likeness (QED) is 0.601. The van der Waals surface area contributed by atoms with E-state index in [0.717, 1.165) is 17.5 Å². The first-order chi connectivity index (χ1) is 14.2. The SMILES string of the molecule is COc1ccccc1OCC1SCCN1C(=O)CSC(=O)COc1ccccc1. The summed E-state index contributed by atoms with van der Waals surface area (Å²) in [7, 11) is 1.60.